The highest BCUT2D eigenvalue weighted by Gasteiger charge is 2.51. The molecule has 5 nitrogen and oxygen atoms in total. The number of aliphatic hydroxyl groups is 1. The Morgan fingerprint density at radius 2 is 2.29 bits per heavy atom. The van der Waals surface area contributed by atoms with E-state index in [0.717, 1.165) is 11.8 Å². The molecule has 0 saturated carbocycles. The van der Waals surface area contributed by atoms with E-state index in [9.17, 15) is 9.90 Å². The van der Waals surface area contributed by atoms with Gasteiger partial charge in [0.25, 0.3) is 0 Å². The Labute approximate surface area is 85.7 Å². The molecule has 2 saturated heterocycles. The molecule has 2 aliphatic heterocycles. The number of hydrogen-bond acceptors (Lipinski definition) is 6. The molecule has 14 heavy (non-hydrogen) atoms. The summed E-state index contributed by atoms with van der Waals surface area (Å²) in [6.45, 7) is 1.84. The number of aliphatic hydroxyl groups excluding tert-OH is 1. The van der Waals surface area contributed by atoms with Crippen molar-refractivity contribution in [3.8, 4) is 0 Å². The zero-order valence-electron chi connectivity index (χ0n) is 7.88. The van der Waals surface area contributed by atoms with Crippen LogP contribution in [0.2, 0.25) is 0 Å². The average Bonchev–Trinajstić information content (AvgIpc) is 2.54. The van der Waals surface area contributed by atoms with Crippen molar-refractivity contribution in [1.29, 1.82) is 0 Å². The Bertz CT molecular complexity index is 246. The lowest BCUT2D eigenvalue weighted by Crippen LogP contribution is -2.54. The van der Waals surface area contributed by atoms with Gasteiger partial charge in [0.05, 0.1) is 11.4 Å². The molecule has 2 heterocycles. The lowest BCUT2D eigenvalue weighted by molar-refractivity contribution is -0.247. The molecule has 0 aliphatic carbocycles. The molecule has 5 atom stereocenters. The third-order valence-corrected chi connectivity index (χ3v) is 3.66. The van der Waals surface area contributed by atoms with Gasteiger partial charge in [-0.3, -0.25) is 0 Å². The normalized spacial score (nSPS) is 47.4. The number of methoxy groups -OCH3 is 1. The summed E-state index contributed by atoms with van der Waals surface area (Å²) < 4.78 is 15.3. The van der Waals surface area contributed by atoms with E-state index in [1.165, 1.54) is 7.11 Å². The molecular formula is C8H12O5S. The minimum absolute atomic E-state index is 0.135. The van der Waals surface area contributed by atoms with Gasteiger partial charge in [-0.25, -0.2) is 4.79 Å². The topological polar surface area (TPSA) is 65.0 Å². The number of thioether (sulfide) groups is 1. The third kappa shape index (κ3) is 1.52. The fourth-order valence-corrected chi connectivity index (χ4v) is 2.73. The Balaban J connectivity index is 2.15. The lowest BCUT2D eigenvalue weighted by atomic mass is 10.0. The number of fused-ring (bicyclic) bond motifs is 1. The van der Waals surface area contributed by atoms with Crippen LogP contribution in [0.3, 0.4) is 0 Å². The SMILES string of the molecule is CO[C@H]1O[C@H](C)[C@@H]2SC(=O)O[C@@H]2[C@H]1O. The van der Waals surface area contributed by atoms with Crippen LogP contribution in [0.1, 0.15) is 6.92 Å². The van der Waals surface area contributed by atoms with Crippen molar-refractivity contribution >= 4 is 17.1 Å². The summed E-state index contributed by atoms with van der Waals surface area (Å²) in [4.78, 5) is 11.0. The van der Waals surface area contributed by atoms with Crippen molar-refractivity contribution in [2.45, 2.75) is 36.8 Å². The van der Waals surface area contributed by atoms with Crippen LogP contribution in [0.4, 0.5) is 4.79 Å². The van der Waals surface area contributed by atoms with Crippen molar-refractivity contribution in [2.75, 3.05) is 7.11 Å². The summed E-state index contributed by atoms with van der Waals surface area (Å²) in [6.07, 6.45) is -2.29. The van der Waals surface area contributed by atoms with Crippen LogP contribution in [0.15, 0.2) is 0 Å². The molecular weight excluding hydrogens is 208 g/mol. The highest BCUT2D eigenvalue weighted by atomic mass is 32.2. The standard InChI is InChI=1S/C8H12O5S/c1-3-6-5(13-8(10)14-6)4(9)7(11-2)12-3/h3-7,9H,1-2H3/t3-,4-,5-,6+,7+/m1/s1. The molecule has 2 aliphatic rings. The third-order valence-electron chi connectivity index (χ3n) is 2.45. The van der Waals surface area contributed by atoms with Crippen LogP contribution in [0, 0.1) is 0 Å². The Morgan fingerprint density at radius 1 is 1.57 bits per heavy atom. The molecule has 0 spiro atoms. The molecule has 1 N–H and O–H groups in total. The second-order valence-electron chi connectivity index (χ2n) is 3.35. The van der Waals surface area contributed by atoms with Gasteiger partial charge in [-0.2, -0.15) is 0 Å². The minimum atomic E-state index is -0.903. The van der Waals surface area contributed by atoms with Gasteiger partial charge in [0.2, 0.25) is 0 Å². The quantitative estimate of drug-likeness (QED) is 0.644. The molecule has 0 aromatic heterocycles. The summed E-state index contributed by atoms with van der Waals surface area (Å²) in [6, 6.07) is 0. The first-order valence-corrected chi connectivity index (χ1v) is 5.25. The van der Waals surface area contributed by atoms with Crippen LogP contribution in [0.25, 0.3) is 0 Å². The summed E-state index contributed by atoms with van der Waals surface area (Å²) >= 11 is 1.07. The van der Waals surface area contributed by atoms with Crippen LogP contribution >= 0.6 is 11.8 Å². The Kier molecular flexibility index (Phi) is 2.70. The predicted molar refractivity (Wildman–Crippen MR) is 49.0 cm³/mol. The molecule has 2 rings (SSSR count). The van der Waals surface area contributed by atoms with Crippen molar-refractivity contribution in [3.05, 3.63) is 0 Å². The molecule has 0 amide bonds. The van der Waals surface area contributed by atoms with E-state index in [2.05, 4.69) is 0 Å². The highest BCUT2D eigenvalue weighted by molar-refractivity contribution is 8.14. The summed E-state index contributed by atoms with van der Waals surface area (Å²) in [5, 5.41) is 9.24. The molecule has 0 bridgehead atoms. The number of carbonyl (C=O) groups is 1. The van der Waals surface area contributed by atoms with Crippen LogP contribution in [-0.2, 0) is 14.2 Å². The summed E-state index contributed by atoms with van der Waals surface area (Å²) in [5.74, 6) is 0. The van der Waals surface area contributed by atoms with E-state index in [-0.39, 0.29) is 16.7 Å². The second-order valence-corrected chi connectivity index (χ2v) is 4.46. The fraction of sp³-hybridized carbons (Fsp3) is 0.875. The molecule has 2 fully saturated rings. The molecule has 6 heteroatoms. The van der Waals surface area contributed by atoms with Crippen molar-refractivity contribution < 1.29 is 24.1 Å². The molecule has 0 unspecified atom stereocenters. The lowest BCUT2D eigenvalue weighted by Gasteiger charge is -2.37. The first kappa shape index (κ1) is 10.2. The number of rotatable bonds is 1. The van der Waals surface area contributed by atoms with Crippen molar-refractivity contribution in [3.63, 3.8) is 0 Å². The first-order valence-electron chi connectivity index (χ1n) is 4.37. The monoisotopic (exact) mass is 220 g/mol. The maximum Gasteiger partial charge on any atom is 0.368 e. The Morgan fingerprint density at radius 3 is 2.93 bits per heavy atom. The van der Waals surface area contributed by atoms with Crippen molar-refractivity contribution in [1.82, 2.24) is 0 Å². The summed E-state index contributed by atoms with van der Waals surface area (Å²) in [7, 11) is 1.45. The fourth-order valence-electron chi connectivity index (χ4n) is 1.73. The molecule has 80 valence electrons. The van der Waals surface area contributed by atoms with E-state index in [0.29, 0.717) is 0 Å². The van der Waals surface area contributed by atoms with Gasteiger partial charge in [0.1, 0.15) is 12.2 Å². The van der Waals surface area contributed by atoms with Gasteiger partial charge < -0.3 is 19.3 Å². The first-order chi connectivity index (χ1) is 6.63. The number of ether oxygens (including phenoxy) is 3. The van der Waals surface area contributed by atoms with E-state index in [1.54, 1.807) is 0 Å². The van der Waals surface area contributed by atoms with Crippen LogP contribution in [-0.4, -0.2) is 47.4 Å². The average molecular weight is 220 g/mol. The minimum Gasteiger partial charge on any atom is -0.450 e. The maximum atomic E-state index is 11.0. The number of hydrogen-bond donors (Lipinski definition) is 1. The van der Waals surface area contributed by atoms with Crippen LogP contribution in [0.5, 0.6) is 0 Å². The Hall–Kier alpha value is -0.300. The van der Waals surface area contributed by atoms with Gasteiger partial charge in [-0.15, -0.1) is 0 Å². The van der Waals surface area contributed by atoms with Crippen LogP contribution < -0.4 is 0 Å². The maximum absolute atomic E-state index is 11.0. The zero-order chi connectivity index (χ0) is 10.3. The molecule has 0 aromatic rings. The van der Waals surface area contributed by atoms with Gasteiger partial charge in [-0.05, 0) is 18.7 Å². The number of carbonyl (C=O) groups excluding carboxylic acids is 1. The van der Waals surface area contributed by atoms with Gasteiger partial charge in [-0.1, -0.05) is 0 Å². The van der Waals surface area contributed by atoms with E-state index in [1.807, 2.05) is 6.92 Å². The van der Waals surface area contributed by atoms with E-state index >= 15 is 0 Å². The largest absolute Gasteiger partial charge is 0.450 e. The molecule has 0 aromatic carbocycles. The van der Waals surface area contributed by atoms with Gasteiger partial charge >= 0.3 is 5.30 Å². The van der Waals surface area contributed by atoms with Gasteiger partial charge in [0, 0.05) is 7.11 Å². The summed E-state index contributed by atoms with van der Waals surface area (Å²) in [5.41, 5.74) is 0. The van der Waals surface area contributed by atoms with E-state index in [4.69, 9.17) is 14.2 Å². The highest BCUT2D eigenvalue weighted by Crippen LogP contribution is 2.38. The molecule has 0 radical (unpaired) electrons. The van der Waals surface area contributed by atoms with Gasteiger partial charge in [0.15, 0.2) is 6.29 Å². The second kappa shape index (κ2) is 3.69. The predicted octanol–water partition coefficient (Wildman–Crippen LogP) is 0.359. The smallest absolute Gasteiger partial charge is 0.368 e. The van der Waals surface area contributed by atoms with E-state index < -0.39 is 18.5 Å². The zero-order valence-corrected chi connectivity index (χ0v) is 8.69. The van der Waals surface area contributed by atoms with Crippen molar-refractivity contribution in [2.24, 2.45) is 0 Å².